The van der Waals surface area contributed by atoms with Crippen LogP contribution in [0.4, 0.5) is 0 Å². The van der Waals surface area contributed by atoms with E-state index in [1.165, 1.54) is 16.2 Å². The van der Waals surface area contributed by atoms with Gasteiger partial charge in [0.05, 0.1) is 19.8 Å². The summed E-state index contributed by atoms with van der Waals surface area (Å²) in [6, 6.07) is 8.30. The third-order valence-corrected chi connectivity index (χ3v) is 7.14. The van der Waals surface area contributed by atoms with Crippen LogP contribution < -0.4 is 56.5 Å². The van der Waals surface area contributed by atoms with Crippen molar-refractivity contribution in [2.24, 2.45) is 4.99 Å². The SMILES string of the molecule is CC(=NCC(=O)c1ccc(C(=O)N(C)C)s1)c1csc(-c2ccc(Cl)c(Cl)c2)c1[O-].[K+]. The molecule has 0 fully saturated rings. The van der Waals surface area contributed by atoms with Crippen LogP contribution in [0.25, 0.3) is 10.4 Å². The van der Waals surface area contributed by atoms with Gasteiger partial charge in [0.1, 0.15) is 6.54 Å². The van der Waals surface area contributed by atoms with Gasteiger partial charge in [-0.2, -0.15) is 0 Å². The number of carbonyl (C=O) groups is 2. The molecule has 5 nitrogen and oxygen atoms in total. The van der Waals surface area contributed by atoms with Crippen molar-refractivity contribution in [1.29, 1.82) is 0 Å². The molecule has 0 aliphatic carbocycles. The van der Waals surface area contributed by atoms with Crippen molar-refractivity contribution in [3.8, 4) is 16.2 Å². The Morgan fingerprint density at radius 2 is 1.77 bits per heavy atom. The van der Waals surface area contributed by atoms with Crippen LogP contribution in [0.3, 0.4) is 0 Å². The Hall–Kier alpha value is -0.554. The van der Waals surface area contributed by atoms with E-state index in [1.807, 2.05) is 0 Å². The van der Waals surface area contributed by atoms with E-state index in [4.69, 9.17) is 23.2 Å². The van der Waals surface area contributed by atoms with E-state index in [-0.39, 0.29) is 75.4 Å². The van der Waals surface area contributed by atoms with Gasteiger partial charge in [0.15, 0.2) is 5.78 Å². The third kappa shape index (κ3) is 6.28. The standard InChI is InChI=1S/C21H18Cl2N2O3S2.K/c1-11(24-9-16(26)17-6-7-18(30-17)21(28)25(2)3)13-10-29-20(19(13)27)12-4-5-14(22)15(23)8-12;/h4-8,10,27H,9H2,1-3H3;/q;+1/p-1. The van der Waals surface area contributed by atoms with Gasteiger partial charge in [-0.1, -0.05) is 35.0 Å². The molecule has 0 spiro atoms. The Morgan fingerprint density at radius 3 is 2.42 bits per heavy atom. The zero-order valence-corrected chi connectivity index (χ0v) is 23.6. The molecule has 0 N–H and O–H groups in total. The summed E-state index contributed by atoms with van der Waals surface area (Å²) in [4.78, 5) is 31.7. The molecule has 2 aromatic heterocycles. The Labute approximate surface area is 241 Å². The van der Waals surface area contributed by atoms with E-state index in [1.54, 1.807) is 56.7 Å². The first-order chi connectivity index (χ1) is 14.2. The molecule has 0 saturated heterocycles. The van der Waals surface area contributed by atoms with E-state index < -0.39 is 0 Å². The van der Waals surface area contributed by atoms with Crippen molar-refractivity contribution in [3.63, 3.8) is 0 Å². The number of Topliss-reactive ketones (excluding diaryl/α,β-unsaturated/α-hetero) is 1. The Morgan fingerprint density at radius 1 is 1.10 bits per heavy atom. The van der Waals surface area contributed by atoms with Crippen LogP contribution in [-0.4, -0.2) is 42.9 Å². The first-order valence-corrected chi connectivity index (χ1v) is 11.2. The van der Waals surface area contributed by atoms with Crippen LogP contribution in [0.15, 0.2) is 40.7 Å². The average molecular weight is 520 g/mol. The second-order valence-electron chi connectivity index (χ2n) is 6.62. The van der Waals surface area contributed by atoms with Crippen LogP contribution in [0.1, 0.15) is 31.8 Å². The van der Waals surface area contributed by atoms with Crippen molar-refractivity contribution >= 4 is 63.3 Å². The number of amides is 1. The predicted octanol–water partition coefficient (Wildman–Crippen LogP) is 2.25. The first kappa shape index (κ1) is 26.7. The number of hydrogen-bond donors (Lipinski definition) is 0. The predicted molar refractivity (Wildman–Crippen MR) is 123 cm³/mol. The molecule has 156 valence electrons. The fraction of sp³-hybridized carbons (Fsp3) is 0.190. The summed E-state index contributed by atoms with van der Waals surface area (Å²) in [5.41, 5.74) is 1.62. The second kappa shape index (κ2) is 11.5. The molecule has 2 heterocycles. The fourth-order valence-electron chi connectivity index (χ4n) is 2.61. The molecule has 0 unspecified atom stereocenters. The monoisotopic (exact) mass is 518 g/mol. The first-order valence-electron chi connectivity index (χ1n) is 8.79. The molecular formula is C21H17Cl2KN2O3S2. The van der Waals surface area contributed by atoms with E-state index >= 15 is 0 Å². The zero-order valence-electron chi connectivity index (χ0n) is 17.4. The van der Waals surface area contributed by atoms with Crippen molar-refractivity contribution in [3.05, 3.63) is 61.1 Å². The van der Waals surface area contributed by atoms with Crippen LogP contribution in [-0.2, 0) is 0 Å². The van der Waals surface area contributed by atoms with Crippen molar-refractivity contribution < 1.29 is 66.1 Å². The molecule has 3 rings (SSSR count). The van der Waals surface area contributed by atoms with Crippen LogP contribution >= 0.6 is 45.9 Å². The Balaban J connectivity index is 0.00000341. The number of carbonyl (C=O) groups excluding carboxylic acids is 2. The van der Waals surface area contributed by atoms with Gasteiger partial charge in [0, 0.05) is 24.7 Å². The van der Waals surface area contributed by atoms with E-state index in [9.17, 15) is 14.7 Å². The molecule has 0 aliphatic heterocycles. The Kier molecular flexibility index (Phi) is 9.94. The maximum absolute atomic E-state index is 12.8. The average Bonchev–Trinajstić information content (AvgIpc) is 3.34. The third-order valence-electron chi connectivity index (χ3n) is 4.27. The van der Waals surface area contributed by atoms with Gasteiger partial charge in [0.25, 0.3) is 5.91 Å². The van der Waals surface area contributed by atoms with Crippen LogP contribution in [0.2, 0.25) is 10.0 Å². The summed E-state index contributed by atoms with van der Waals surface area (Å²) in [5, 5.41) is 15.3. The van der Waals surface area contributed by atoms with Crippen molar-refractivity contribution in [1.82, 2.24) is 4.90 Å². The van der Waals surface area contributed by atoms with E-state index in [2.05, 4.69) is 4.99 Å². The smallest absolute Gasteiger partial charge is 0.871 e. The summed E-state index contributed by atoms with van der Waals surface area (Å²) < 4.78 is 0. The van der Waals surface area contributed by atoms with Crippen LogP contribution in [0, 0.1) is 0 Å². The molecule has 10 heteroatoms. The minimum atomic E-state index is -0.204. The minimum absolute atomic E-state index is 0. The molecule has 0 atom stereocenters. The number of ketones is 1. The number of benzene rings is 1. The summed E-state index contributed by atoms with van der Waals surface area (Å²) in [7, 11) is 3.32. The quantitative estimate of drug-likeness (QED) is 0.285. The minimum Gasteiger partial charge on any atom is -0.871 e. The Bertz CT molecular complexity index is 1160. The molecule has 31 heavy (non-hydrogen) atoms. The van der Waals surface area contributed by atoms with Gasteiger partial charge in [-0.25, -0.2) is 0 Å². The topological polar surface area (TPSA) is 72.8 Å². The van der Waals surface area contributed by atoms with Gasteiger partial charge in [0.2, 0.25) is 0 Å². The molecule has 0 bridgehead atoms. The second-order valence-corrected chi connectivity index (χ2v) is 9.40. The number of halogens is 2. The summed E-state index contributed by atoms with van der Waals surface area (Å²) in [6.45, 7) is 1.60. The molecule has 0 radical (unpaired) electrons. The molecule has 1 aromatic carbocycles. The number of thiophene rings is 2. The van der Waals surface area contributed by atoms with E-state index in [0.717, 1.165) is 11.3 Å². The van der Waals surface area contributed by atoms with Crippen LogP contribution in [0.5, 0.6) is 5.75 Å². The molecule has 3 aromatic rings. The van der Waals surface area contributed by atoms with E-state index in [0.29, 0.717) is 41.5 Å². The van der Waals surface area contributed by atoms with Gasteiger partial charge in [-0.15, -0.1) is 22.7 Å². The number of aliphatic imine (C=N–C) groups is 1. The number of hydrogen-bond acceptors (Lipinski definition) is 6. The number of rotatable bonds is 6. The zero-order chi connectivity index (χ0) is 22.0. The largest absolute Gasteiger partial charge is 1.00 e. The molecule has 0 aliphatic rings. The molecular weight excluding hydrogens is 502 g/mol. The van der Waals surface area contributed by atoms with Gasteiger partial charge in [-0.05, 0) is 47.7 Å². The fourth-order valence-corrected chi connectivity index (χ4v) is 4.86. The van der Waals surface area contributed by atoms with Gasteiger partial charge >= 0.3 is 51.4 Å². The molecule has 1 amide bonds. The van der Waals surface area contributed by atoms with Gasteiger partial charge in [-0.3, -0.25) is 14.6 Å². The van der Waals surface area contributed by atoms with Crippen molar-refractivity contribution in [2.45, 2.75) is 6.92 Å². The maximum Gasteiger partial charge on any atom is 1.00 e. The molecule has 0 saturated carbocycles. The van der Waals surface area contributed by atoms with Crippen molar-refractivity contribution in [2.75, 3.05) is 20.6 Å². The van der Waals surface area contributed by atoms with Gasteiger partial charge < -0.3 is 10.0 Å². The summed E-state index contributed by atoms with van der Waals surface area (Å²) >= 11 is 14.4. The summed E-state index contributed by atoms with van der Waals surface area (Å²) in [6.07, 6.45) is 0. The summed E-state index contributed by atoms with van der Waals surface area (Å²) in [5.74, 6) is -0.519. The normalized spacial score (nSPS) is 11.2. The maximum atomic E-state index is 12.8. The number of nitrogens with zero attached hydrogens (tertiary/aromatic N) is 2.